The molecule has 4 bridgehead atoms. The van der Waals surface area contributed by atoms with Gasteiger partial charge < -0.3 is 11.6 Å². The molecule has 0 unspecified atom stereocenters. The first-order valence-corrected chi connectivity index (χ1v) is 6.80. The Bertz CT molecular complexity index is 422. The van der Waals surface area contributed by atoms with E-state index in [4.69, 9.17) is 11.6 Å². The van der Waals surface area contributed by atoms with Gasteiger partial charge in [0, 0.05) is 5.92 Å². The van der Waals surface area contributed by atoms with Crippen LogP contribution < -0.4 is 11.6 Å². The average Bonchev–Trinajstić information content (AvgIpc) is 2.60. The molecule has 4 heteroatoms. The van der Waals surface area contributed by atoms with Crippen molar-refractivity contribution in [3.8, 4) is 0 Å². The fourth-order valence-electron chi connectivity index (χ4n) is 5.01. The van der Waals surface area contributed by atoms with Gasteiger partial charge in [0.1, 0.15) is 12.1 Å². The molecule has 0 amide bonds. The smallest absolute Gasteiger partial charge is 0.145 e. The molecule has 4 nitrogen and oxygen atoms in total. The van der Waals surface area contributed by atoms with E-state index >= 15 is 0 Å². The van der Waals surface area contributed by atoms with Gasteiger partial charge >= 0.3 is 0 Å². The molecule has 0 atom stereocenters. The predicted molar refractivity (Wildman–Crippen MR) is 66.6 cm³/mol. The van der Waals surface area contributed by atoms with Gasteiger partial charge in [0.15, 0.2) is 0 Å². The van der Waals surface area contributed by atoms with Crippen LogP contribution in [0.4, 0.5) is 5.82 Å². The maximum atomic E-state index is 6.06. The lowest BCUT2D eigenvalue weighted by molar-refractivity contribution is -0.00379. The van der Waals surface area contributed by atoms with E-state index in [0.717, 1.165) is 29.4 Å². The van der Waals surface area contributed by atoms with Gasteiger partial charge in [-0.25, -0.2) is 9.66 Å². The lowest BCUT2D eigenvalue weighted by Gasteiger charge is -2.54. The second-order valence-electron chi connectivity index (χ2n) is 6.38. The number of rotatable bonds is 1. The highest BCUT2D eigenvalue weighted by Crippen LogP contribution is 2.59. The van der Waals surface area contributed by atoms with Crippen LogP contribution in [0.1, 0.15) is 43.7 Å². The minimum Gasteiger partial charge on any atom is -0.382 e. The van der Waals surface area contributed by atoms with E-state index in [2.05, 4.69) is 4.98 Å². The second-order valence-corrected chi connectivity index (χ2v) is 6.38. The van der Waals surface area contributed by atoms with Crippen LogP contribution in [0.3, 0.4) is 0 Å². The molecule has 0 radical (unpaired) electrons. The van der Waals surface area contributed by atoms with Crippen LogP contribution >= 0.6 is 0 Å². The Morgan fingerprint density at radius 2 is 1.65 bits per heavy atom. The maximum Gasteiger partial charge on any atom is 0.145 e. The summed E-state index contributed by atoms with van der Waals surface area (Å²) >= 11 is 0. The molecule has 4 N–H and O–H groups in total. The summed E-state index contributed by atoms with van der Waals surface area (Å²) in [5, 5.41) is 0. The molecule has 4 saturated carbocycles. The molecule has 1 heterocycles. The van der Waals surface area contributed by atoms with Crippen molar-refractivity contribution >= 4 is 5.82 Å². The zero-order valence-corrected chi connectivity index (χ0v) is 10.0. The Balaban J connectivity index is 1.73. The van der Waals surface area contributed by atoms with Gasteiger partial charge in [-0.15, -0.1) is 0 Å². The summed E-state index contributed by atoms with van der Waals surface area (Å²) in [5.41, 5.74) is 7.14. The summed E-state index contributed by atoms with van der Waals surface area (Å²) in [5.74, 6) is 10.7. The van der Waals surface area contributed by atoms with E-state index in [1.165, 1.54) is 36.8 Å². The first kappa shape index (κ1) is 9.80. The number of nitrogens with zero attached hydrogens (tertiary/aromatic N) is 2. The minimum atomic E-state index is 0.590. The number of hydrogen-bond acceptors (Lipinski definition) is 3. The molecule has 0 aromatic carbocycles. The molecule has 17 heavy (non-hydrogen) atoms. The quantitative estimate of drug-likeness (QED) is 0.724. The molecule has 4 aliphatic carbocycles. The largest absolute Gasteiger partial charge is 0.382 e. The molecule has 0 spiro atoms. The van der Waals surface area contributed by atoms with Crippen molar-refractivity contribution in [3.05, 3.63) is 12.0 Å². The van der Waals surface area contributed by atoms with Crippen LogP contribution in [0.2, 0.25) is 0 Å². The minimum absolute atomic E-state index is 0.590. The number of aromatic nitrogens is 2. The summed E-state index contributed by atoms with van der Waals surface area (Å²) in [6, 6.07) is 0. The molecule has 1 aromatic heterocycles. The Morgan fingerprint density at radius 3 is 2.12 bits per heavy atom. The van der Waals surface area contributed by atoms with Gasteiger partial charge in [-0.05, 0) is 55.8 Å². The van der Waals surface area contributed by atoms with Crippen molar-refractivity contribution in [3.63, 3.8) is 0 Å². The fourth-order valence-corrected chi connectivity index (χ4v) is 5.01. The van der Waals surface area contributed by atoms with Gasteiger partial charge in [-0.3, -0.25) is 0 Å². The lowest BCUT2D eigenvalue weighted by Crippen LogP contribution is -2.44. The summed E-state index contributed by atoms with van der Waals surface area (Å²) < 4.78 is 1.47. The molecule has 4 aliphatic rings. The zero-order chi connectivity index (χ0) is 11.6. The third kappa shape index (κ3) is 1.27. The van der Waals surface area contributed by atoms with Crippen LogP contribution in [0.15, 0.2) is 6.33 Å². The summed E-state index contributed by atoms with van der Waals surface area (Å²) in [7, 11) is 0. The third-order valence-electron chi connectivity index (χ3n) is 5.40. The van der Waals surface area contributed by atoms with Crippen LogP contribution in [0.25, 0.3) is 0 Å². The lowest BCUT2D eigenvalue weighted by atomic mass is 9.51. The monoisotopic (exact) mass is 232 g/mol. The number of hydrogen-bond donors (Lipinski definition) is 2. The van der Waals surface area contributed by atoms with Gasteiger partial charge in [-0.2, -0.15) is 0 Å². The zero-order valence-electron chi connectivity index (χ0n) is 10.0. The molecule has 0 aliphatic heterocycles. The van der Waals surface area contributed by atoms with E-state index in [1.54, 1.807) is 6.33 Å². The summed E-state index contributed by atoms with van der Waals surface area (Å²) in [6.45, 7) is 0. The van der Waals surface area contributed by atoms with Crippen molar-refractivity contribution in [1.29, 1.82) is 0 Å². The summed E-state index contributed by atoms with van der Waals surface area (Å²) in [6.07, 6.45) is 8.74. The van der Waals surface area contributed by atoms with E-state index in [9.17, 15) is 0 Å². The maximum absolute atomic E-state index is 6.06. The summed E-state index contributed by atoms with van der Waals surface area (Å²) in [4.78, 5) is 4.47. The van der Waals surface area contributed by atoms with E-state index in [-0.39, 0.29) is 0 Å². The van der Waals surface area contributed by atoms with Gasteiger partial charge in [0.25, 0.3) is 0 Å². The Hall–Kier alpha value is -1.19. The average molecular weight is 232 g/mol. The van der Waals surface area contributed by atoms with E-state index in [1.807, 2.05) is 0 Å². The van der Waals surface area contributed by atoms with Gasteiger partial charge in [-0.1, -0.05) is 0 Å². The van der Waals surface area contributed by atoms with Crippen LogP contribution in [-0.4, -0.2) is 9.66 Å². The first-order chi connectivity index (χ1) is 8.22. The van der Waals surface area contributed by atoms with Crippen LogP contribution in [-0.2, 0) is 0 Å². The molecule has 92 valence electrons. The van der Waals surface area contributed by atoms with E-state index < -0.39 is 0 Å². The van der Waals surface area contributed by atoms with Crippen LogP contribution in [0, 0.1) is 23.7 Å². The van der Waals surface area contributed by atoms with Crippen LogP contribution in [0.5, 0.6) is 0 Å². The number of nitrogen functional groups attached to an aromatic ring is 2. The highest BCUT2D eigenvalue weighted by atomic mass is 15.3. The molecular weight excluding hydrogens is 212 g/mol. The second kappa shape index (κ2) is 3.18. The van der Waals surface area contributed by atoms with Crippen molar-refractivity contribution < 1.29 is 0 Å². The molecule has 1 aromatic rings. The Morgan fingerprint density at radius 1 is 1.06 bits per heavy atom. The third-order valence-corrected chi connectivity index (χ3v) is 5.40. The number of anilines is 1. The fraction of sp³-hybridized carbons (Fsp3) is 0.769. The predicted octanol–water partition coefficient (Wildman–Crippen LogP) is 1.72. The Kier molecular flexibility index (Phi) is 1.83. The molecular formula is C13H20N4. The standard InChI is InChI=1S/C13H20N4/c14-13-12(16-6-17(13)15)11-9-2-7-1-8(4-9)5-10(11)3-7/h6-11H,1-5,14-15H2. The number of imidazole rings is 1. The van der Waals surface area contributed by atoms with Gasteiger partial charge in [0.2, 0.25) is 0 Å². The Labute approximate surface area is 101 Å². The highest BCUT2D eigenvalue weighted by molar-refractivity contribution is 5.40. The molecule has 0 saturated heterocycles. The molecule has 5 rings (SSSR count). The SMILES string of the molecule is Nc1c(C2C3CC4CC(C3)CC2C4)ncn1N. The highest BCUT2D eigenvalue weighted by Gasteiger charge is 2.49. The van der Waals surface area contributed by atoms with Crippen molar-refractivity contribution in [2.24, 2.45) is 23.7 Å². The molecule has 4 fully saturated rings. The van der Waals surface area contributed by atoms with Crippen molar-refractivity contribution in [2.45, 2.75) is 38.0 Å². The first-order valence-electron chi connectivity index (χ1n) is 6.80. The number of nitrogens with two attached hydrogens (primary N) is 2. The topological polar surface area (TPSA) is 69.9 Å². The van der Waals surface area contributed by atoms with Gasteiger partial charge in [0.05, 0.1) is 5.69 Å². The normalized spacial score (nSPS) is 43.2. The van der Waals surface area contributed by atoms with Crippen molar-refractivity contribution in [1.82, 2.24) is 9.66 Å². The van der Waals surface area contributed by atoms with Crippen molar-refractivity contribution in [2.75, 3.05) is 11.6 Å². The van der Waals surface area contributed by atoms with E-state index in [0.29, 0.717) is 11.7 Å².